The lowest BCUT2D eigenvalue weighted by atomic mass is 10.2. The van der Waals surface area contributed by atoms with Crippen molar-refractivity contribution in [2.45, 2.75) is 6.54 Å². The standard InChI is InChI=1S/C13H16ClN5O2/c1-19-7-10(14)9-2-8(5-18-13(9)19)4-16-12(21)6-17-11(20)3-15/h2,5,7H,3-4,6,15H2,1H3,(H,16,21)(H,17,20). The van der Waals surface area contributed by atoms with Crippen molar-refractivity contribution in [3.63, 3.8) is 0 Å². The molecule has 7 nitrogen and oxygen atoms in total. The molecule has 0 fully saturated rings. The van der Waals surface area contributed by atoms with Gasteiger partial charge in [-0.15, -0.1) is 0 Å². The fourth-order valence-electron chi connectivity index (χ4n) is 1.87. The summed E-state index contributed by atoms with van der Waals surface area (Å²) >= 11 is 6.11. The van der Waals surface area contributed by atoms with Gasteiger partial charge in [0.25, 0.3) is 0 Å². The van der Waals surface area contributed by atoms with E-state index >= 15 is 0 Å². The molecule has 0 saturated heterocycles. The van der Waals surface area contributed by atoms with Crippen molar-refractivity contribution in [3.05, 3.63) is 29.0 Å². The van der Waals surface area contributed by atoms with Crippen molar-refractivity contribution in [2.75, 3.05) is 13.1 Å². The van der Waals surface area contributed by atoms with Crippen molar-refractivity contribution >= 4 is 34.4 Å². The number of carbonyl (C=O) groups excluding carboxylic acids is 2. The Morgan fingerprint density at radius 3 is 2.86 bits per heavy atom. The first-order valence-corrected chi connectivity index (χ1v) is 6.72. The third-order valence-electron chi connectivity index (χ3n) is 2.94. The number of nitrogens with zero attached hydrogens (tertiary/aromatic N) is 2. The maximum Gasteiger partial charge on any atom is 0.239 e. The average Bonchev–Trinajstić information content (AvgIpc) is 2.77. The van der Waals surface area contributed by atoms with Gasteiger partial charge in [-0.2, -0.15) is 0 Å². The van der Waals surface area contributed by atoms with E-state index in [1.165, 1.54) is 0 Å². The van der Waals surface area contributed by atoms with E-state index in [0.717, 1.165) is 16.6 Å². The highest BCUT2D eigenvalue weighted by atomic mass is 35.5. The molecule has 0 saturated carbocycles. The minimum absolute atomic E-state index is 0.0994. The van der Waals surface area contributed by atoms with Gasteiger partial charge in [0.15, 0.2) is 0 Å². The van der Waals surface area contributed by atoms with E-state index in [-0.39, 0.29) is 24.9 Å². The number of nitrogens with two attached hydrogens (primary N) is 1. The van der Waals surface area contributed by atoms with Crippen LogP contribution in [0.3, 0.4) is 0 Å². The van der Waals surface area contributed by atoms with Gasteiger partial charge in [0, 0.05) is 31.4 Å². The van der Waals surface area contributed by atoms with Crippen LogP contribution in [0.1, 0.15) is 5.56 Å². The van der Waals surface area contributed by atoms with Crippen LogP contribution >= 0.6 is 11.6 Å². The Bertz CT molecular complexity index is 682. The highest BCUT2D eigenvalue weighted by molar-refractivity contribution is 6.35. The summed E-state index contributed by atoms with van der Waals surface area (Å²) in [7, 11) is 1.86. The van der Waals surface area contributed by atoms with Crippen LogP contribution in [0, 0.1) is 0 Å². The van der Waals surface area contributed by atoms with Gasteiger partial charge in [-0.05, 0) is 11.6 Å². The van der Waals surface area contributed by atoms with Crippen molar-refractivity contribution in [1.82, 2.24) is 20.2 Å². The number of rotatable bonds is 5. The molecule has 0 bridgehead atoms. The van der Waals surface area contributed by atoms with Gasteiger partial charge in [-0.1, -0.05) is 11.6 Å². The van der Waals surface area contributed by atoms with Gasteiger partial charge >= 0.3 is 0 Å². The summed E-state index contributed by atoms with van der Waals surface area (Å²) in [6.07, 6.45) is 3.46. The predicted octanol–water partition coefficient (Wildman–Crippen LogP) is -0.0822. The number of carbonyl (C=O) groups is 2. The molecule has 2 aromatic rings. The molecular weight excluding hydrogens is 294 g/mol. The second kappa shape index (κ2) is 6.55. The molecular formula is C13H16ClN5O2. The van der Waals surface area contributed by atoms with Crippen LogP contribution in [0.2, 0.25) is 5.02 Å². The molecule has 0 aliphatic carbocycles. The van der Waals surface area contributed by atoms with E-state index in [2.05, 4.69) is 15.6 Å². The number of halogens is 1. The number of fused-ring (bicyclic) bond motifs is 1. The van der Waals surface area contributed by atoms with Crippen LogP contribution in [0.15, 0.2) is 18.5 Å². The van der Waals surface area contributed by atoms with Gasteiger partial charge in [0.1, 0.15) is 5.65 Å². The fourth-order valence-corrected chi connectivity index (χ4v) is 2.15. The lowest BCUT2D eigenvalue weighted by molar-refractivity contribution is -0.125. The molecule has 0 aliphatic rings. The molecule has 112 valence electrons. The fraction of sp³-hybridized carbons (Fsp3) is 0.308. The molecule has 0 unspecified atom stereocenters. The number of amides is 2. The van der Waals surface area contributed by atoms with Gasteiger partial charge in [-0.25, -0.2) is 4.98 Å². The third-order valence-corrected chi connectivity index (χ3v) is 3.24. The topological polar surface area (TPSA) is 102 Å². The maximum absolute atomic E-state index is 11.6. The first-order chi connectivity index (χ1) is 10.0. The zero-order chi connectivity index (χ0) is 15.4. The van der Waals surface area contributed by atoms with Crippen molar-refractivity contribution in [1.29, 1.82) is 0 Å². The molecule has 0 spiro atoms. The minimum atomic E-state index is -0.371. The van der Waals surface area contributed by atoms with Crippen LogP contribution in [0.4, 0.5) is 0 Å². The van der Waals surface area contributed by atoms with E-state index < -0.39 is 0 Å². The van der Waals surface area contributed by atoms with Gasteiger partial charge in [0.05, 0.1) is 18.1 Å². The van der Waals surface area contributed by atoms with Gasteiger partial charge in [0.2, 0.25) is 11.8 Å². The molecule has 8 heteroatoms. The smallest absolute Gasteiger partial charge is 0.239 e. The van der Waals surface area contributed by atoms with Crippen LogP contribution < -0.4 is 16.4 Å². The van der Waals surface area contributed by atoms with Gasteiger partial charge < -0.3 is 20.9 Å². The highest BCUT2D eigenvalue weighted by Gasteiger charge is 2.08. The van der Waals surface area contributed by atoms with E-state index in [1.807, 2.05) is 17.7 Å². The largest absolute Gasteiger partial charge is 0.350 e. The molecule has 2 amide bonds. The number of pyridine rings is 1. The van der Waals surface area contributed by atoms with E-state index in [9.17, 15) is 9.59 Å². The summed E-state index contributed by atoms with van der Waals surface area (Å²) in [6.45, 7) is 0.0731. The Balaban J connectivity index is 1.96. The monoisotopic (exact) mass is 309 g/mol. The molecule has 2 rings (SSSR count). The summed E-state index contributed by atoms with van der Waals surface area (Å²) in [6, 6.07) is 1.88. The maximum atomic E-state index is 11.6. The summed E-state index contributed by atoms with van der Waals surface area (Å²) in [5.74, 6) is -0.666. The Hall–Kier alpha value is -2.12. The number of aromatic nitrogens is 2. The number of nitrogens with one attached hydrogen (secondary N) is 2. The lowest BCUT2D eigenvalue weighted by Crippen LogP contribution is -2.39. The zero-order valence-corrected chi connectivity index (χ0v) is 12.3. The van der Waals surface area contributed by atoms with Crippen molar-refractivity contribution < 1.29 is 9.59 Å². The summed E-state index contributed by atoms with van der Waals surface area (Å²) in [5.41, 5.74) is 6.74. The molecule has 0 aliphatic heterocycles. The van der Waals surface area contributed by atoms with Crippen LogP contribution in [0.25, 0.3) is 11.0 Å². The first-order valence-electron chi connectivity index (χ1n) is 6.34. The summed E-state index contributed by atoms with van der Waals surface area (Å²) < 4.78 is 1.84. The van der Waals surface area contributed by atoms with E-state index in [1.54, 1.807) is 12.4 Å². The molecule has 0 aromatic carbocycles. The summed E-state index contributed by atoms with van der Waals surface area (Å²) in [5, 5.41) is 6.53. The Morgan fingerprint density at radius 1 is 1.38 bits per heavy atom. The predicted molar refractivity (Wildman–Crippen MR) is 79.6 cm³/mol. The first kappa shape index (κ1) is 15.3. The van der Waals surface area contributed by atoms with Crippen molar-refractivity contribution in [3.8, 4) is 0 Å². The second-order valence-electron chi connectivity index (χ2n) is 4.56. The zero-order valence-electron chi connectivity index (χ0n) is 11.5. The van der Waals surface area contributed by atoms with Gasteiger partial charge in [-0.3, -0.25) is 9.59 Å². The SMILES string of the molecule is Cn1cc(Cl)c2cc(CNC(=O)CNC(=O)CN)cnc21. The Labute approximate surface area is 126 Å². The van der Waals surface area contributed by atoms with E-state index in [0.29, 0.717) is 11.6 Å². The lowest BCUT2D eigenvalue weighted by Gasteiger charge is -2.06. The third kappa shape index (κ3) is 3.71. The second-order valence-corrected chi connectivity index (χ2v) is 4.97. The summed E-state index contributed by atoms with van der Waals surface area (Å²) in [4.78, 5) is 26.8. The van der Waals surface area contributed by atoms with Crippen LogP contribution in [0.5, 0.6) is 0 Å². The Kier molecular flexibility index (Phi) is 4.77. The van der Waals surface area contributed by atoms with Crippen molar-refractivity contribution in [2.24, 2.45) is 12.8 Å². The molecule has 21 heavy (non-hydrogen) atoms. The molecule has 2 heterocycles. The minimum Gasteiger partial charge on any atom is -0.350 e. The Morgan fingerprint density at radius 2 is 2.14 bits per heavy atom. The number of hydrogen-bond acceptors (Lipinski definition) is 4. The average molecular weight is 310 g/mol. The number of hydrogen-bond donors (Lipinski definition) is 3. The molecule has 0 atom stereocenters. The number of aryl methyl sites for hydroxylation is 1. The molecule has 4 N–H and O–H groups in total. The highest BCUT2D eigenvalue weighted by Crippen LogP contribution is 2.24. The quantitative estimate of drug-likeness (QED) is 0.719. The van der Waals surface area contributed by atoms with E-state index in [4.69, 9.17) is 17.3 Å². The van der Waals surface area contributed by atoms with Crippen LogP contribution in [-0.2, 0) is 23.2 Å². The van der Waals surface area contributed by atoms with Crippen LogP contribution in [-0.4, -0.2) is 34.5 Å². The normalized spacial score (nSPS) is 10.6. The molecule has 2 aromatic heterocycles. The molecule has 0 radical (unpaired) electrons.